The predicted octanol–water partition coefficient (Wildman–Crippen LogP) is 6.25. The molecule has 0 saturated carbocycles. The Balaban J connectivity index is 0.000000730. The Morgan fingerprint density at radius 2 is 0.544 bits per heavy atom. The van der Waals surface area contributed by atoms with Crippen LogP contribution < -0.4 is 0 Å². The molecule has 0 spiro atoms. The molecule has 0 saturated heterocycles. The molecule has 0 aromatic carbocycles. The number of rotatable bonds is 8. The van der Waals surface area contributed by atoms with Crippen molar-refractivity contribution in [3.8, 4) is 0 Å². The third kappa shape index (κ3) is 18.4. The molecule has 0 unspecified atom stereocenters. The van der Waals surface area contributed by atoms with Gasteiger partial charge in [-0.05, 0) is 48.5 Å². The molecule has 0 aliphatic rings. The SMILES string of the molecule is O=S(=O)([N-]S(=O)(=O)C(F)(F)F)C(F)(F)F.O=S(=O)([N-]S(=O)(=O)C(F)(F)F)C(F)(F)F.[Cu+2].c1ccc(Cc2ccccn2)nc1.c1ccc(Cc2ccccn2)nc1. The van der Waals surface area contributed by atoms with E-state index in [0.29, 0.717) is 0 Å². The van der Waals surface area contributed by atoms with Crippen LogP contribution in [0.15, 0.2) is 97.6 Å². The van der Waals surface area contributed by atoms with E-state index in [1.54, 1.807) is 24.8 Å². The van der Waals surface area contributed by atoms with Gasteiger partial charge in [-0.25, -0.2) is 33.7 Å². The van der Waals surface area contributed by atoms with Crippen molar-refractivity contribution < 1.29 is 103 Å². The van der Waals surface area contributed by atoms with Crippen molar-refractivity contribution in [2.75, 3.05) is 0 Å². The molecule has 321 valence electrons. The van der Waals surface area contributed by atoms with Gasteiger partial charge in [-0.2, -0.15) is 52.7 Å². The molecule has 4 aromatic rings. The molecular formula is C26H20CuF12N6O8S4. The molecule has 4 heterocycles. The van der Waals surface area contributed by atoms with Crippen molar-refractivity contribution in [1.82, 2.24) is 19.9 Å². The van der Waals surface area contributed by atoms with Crippen LogP contribution in [0, 0.1) is 0 Å². The molecule has 0 bridgehead atoms. The monoisotopic (exact) mass is 963 g/mol. The molecule has 0 atom stereocenters. The Morgan fingerprint density at radius 3 is 0.667 bits per heavy atom. The number of sulfonamides is 4. The van der Waals surface area contributed by atoms with Crippen LogP contribution in [-0.4, -0.2) is 75.6 Å². The van der Waals surface area contributed by atoms with E-state index >= 15 is 0 Å². The fraction of sp³-hybridized carbons (Fsp3) is 0.231. The summed E-state index contributed by atoms with van der Waals surface area (Å²) in [4.78, 5) is 16.9. The van der Waals surface area contributed by atoms with Gasteiger partial charge in [-0.1, -0.05) is 24.3 Å². The molecule has 0 N–H and O–H groups in total. The summed E-state index contributed by atoms with van der Waals surface area (Å²) < 4.78 is 218. The third-order valence-corrected chi connectivity index (χ3v) is 10.7. The van der Waals surface area contributed by atoms with Crippen molar-refractivity contribution in [1.29, 1.82) is 0 Å². The van der Waals surface area contributed by atoms with Gasteiger partial charge in [0.2, 0.25) is 0 Å². The Labute approximate surface area is 325 Å². The van der Waals surface area contributed by atoms with E-state index in [-0.39, 0.29) is 17.1 Å². The van der Waals surface area contributed by atoms with E-state index < -0.39 is 62.1 Å². The van der Waals surface area contributed by atoms with Gasteiger partial charge < -0.3 is 8.25 Å². The maximum Gasteiger partial charge on any atom is 2.00 e. The van der Waals surface area contributed by atoms with Crippen LogP contribution in [0.4, 0.5) is 52.7 Å². The molecule has 14 nitrogen and oxygen atoms in total. The second kappa shape index (κ2) is 21.1. The van der Waals surface area contributed by atoms with Gasteiger partial charge in [0, 0.05) is 60.4 Å². The summed E-state index contributed by atoms with van der Waals surface area (Å²) in [6.45, 7) is 0. The average Bonchev–Trinajstić information content (AvgIpc) is 3.05. The zero-order valence-electron chi connectivity index (χ0n) is 27.1. The Kier molecular flexibility index (Phi) is 19.6. The first-order chi connectivity index (χ1) is 25.3. The molecule has 0 aliphatic heterocycles. The summed E-state index contributed by atoms with van der Waals surface area (Å²) >= 11 is 0. The number of halogens is 12. The van der Waals surface area contributed by atoms with E-state index in [1.165, 1.54) is 0 Å². The summed E-state index contributed by atoms with van der Waals surface area (Å²) in [5.74, 6) is 0. The molecule has 4 aromatic heterocycles. The predicted molar refractivity (Wildman–Crippen MR) is 169 cm³/mol. The van der Waals surface area contributed by atoms with Crippen LogP contribution in [0.2, 0.25) is 0 Å². The first kappa shape index (κ1) is 53.0. The Bertz CT molecular complexity index is 1940. The van der Waals surface area contributed by atoms with E-state index in [2.05, 4.69) is 19.9 Å². The summed E-state index contributed by atoms with van der Waals surface area (Å²) in [7, 11) is -26.9. The van der Waals surface area contributed by atoms with Crippen LogP contribution in [-0.2, 0) is 70.0 Å². The minimum absolute atomic E-state index is 0. The maximum atomic E-state index is 11.4. The maximum absolute atomic E-state index is 11.4. The quantitative estimate of drug-likeness (QED) is 0.141. The van der Waals surface area contributed by atoms with Crippen molar-refractivity contribution in [2.45, 2.75) is 34.9 Å². The number of pyridine rings is 4. The molecular weight excluding hydrogens is 944 g/mol. The van der Waals surface area contributed by atoms with Crippen molar-refractivity contribution >= 4 is 40.1 Å². The minimum atomic E-state index is -6.72. The smallest absolute Gasteiger partial charge is 0.421 e. The largest absolute Gasteiger partial charge is 2.00 e. The normalized spacial score (nSPS) is 12.6. The van der Waals surface area contributed by atoms with E-state index in [9.17, 15) is 86.4 Å². The van der Waals surface area contributed by atoms with Crippen LogP contribution in [0.3, 0.4) is 0 Å². The number of alkyl halides is 12. The van der Waals surface area contributed by atoms with Crippen LogP contribution >= 0.6 is 0 Å². The van der Waals surface area contributed by atoms with Gasteiger partial charge in [0.1, 0.15) is 0 Å². The van der Waals surface area contributed by atoms with Crippen LogP contribution in [0.25, 0.3) is 8.25 Å². The van der Waals surface area contributed by atoms with Gasteiger partial charge >= 0.3 is 39.1 Å². The van der Waals surface area contributed by atoms with Gasteiger partial charge in [0.05, 0.1) is 0 Å². The number of aromatic nitrogens is 4. The fourth-order valence-corrected chi connectivity index (χ4v) is 6.23. The Hall–Kier alpha value is -4.00. The topological polar surface area (TPSA) is 216 Å². The molecule has 31 heteroatoms. The van der Waals surface area contributed by atoms with Gasteiger partial charge in [-0.3, -0.25) is 19.9 Å². The summed E-state index contributed by atoms with van der Waals surface area (Å²) in [6.07, 6.45) is 8.83. The molecule has 0 fully saturated rings. The third-order valence-electron chi connectivity index (χ3n) is 5.19. The molecule has 4 rings (SSSR count). The first-order valence-electron chi connectivity index (χ1n) is 13.6. The van der Waals surface area contributed by atoms with Gasteiger partial charge in [-0.15, -0.1) is 0 Å². The van der Waals surface area contributed by atoms with Gasteiger partial charge in [0.25, 0.3) is 0 Å². The summed E-state index contributed by atoms with van der Waals surface area (Å²) in [6, 6.07) is 23.7. The average molecular weight is 964 g/mol. The first-order valence-corrected chi connectivity index (χ1v) is 19.4. The van der Waals surface area contributed by atoms with E-state index in [1.807, 2.05) is 72.8 Å². The zero-order valence-corrected chi connectivity index (χ0v) is 31.3. The van der Waals surface area contributed by atoms with Crippen molar-refractivity contribution in [2.24, 2.45) is 0 Å². The van der Waals surface area contributed by atoms with Crippen molar-refractivity contribution in [3.05, 3.63) is 129 Å². The minimum Gasteiger partial charge on any atom is -0.421 e. The van der Waals surface area contributed by atoms with Gasteiger partial charge in [0.15, 0.2) is 40.1 Å². The summed E-state index contributed by atoms with van der Waals surface area (Å²) in [5.41, 5.74) is -20.6. The number of hydrogen-bond donors (Lipinski definition) is 0. The van der Waals surface area contributed by atoms with Crippen LogP contribution in [0.5, 0.6) is 0 Å². The number of hydrogen-bond acceptors (Lipinski definition) is 12. The standard InChI is InChI=1S/2C11H10N2.2C2F6NO4S2.Cu/c2*1-3-7-12-10(5-1)9-11-6-2-4-8-13-11;2*3-1(4,5)14(10,11)9-15(12,13)2(6,7)8;/h2*1-8H,9H2;;;/q;;2*-1;+2. The second-order valence-electron chi connectivity index (χ2n) is 9.47. The zero-order chi connectivity index (χ0) is 43.3. The molecule has 1 radical (unpaired) electrons. The molecule has 0 amide bonds. The molecule has 0 aliphatic carbocycles. The number of nitrogens with zero attached hydrogens (tertiary/aromatic N) is 6. The van der Waals surface area contributed by atoms with E-state index in [4.69, 9.17) is 0 Å². The molecule has 57 heavy (non-hydrogen) atoms. The van der Waals surface area contributed by atoms with E-state index in [0.717, 1.165) is 43.9 Å². The summed E-state index contributed by atoms with van der Waals surface area (Å²) in [5, 5.41) is 0. The second-order valence-corrected chi connectivity index (χ2v) is 16.3. The fourth-order valence-electron chi connectivity index (χ4n) is 2.81. The van der Waals surface area contributed by atoms with Crippen molar-refractivity contribution in [3.63, 3.8) is 0 Å². The van der Waals surface area contributed by atoms with Crippen LogP contribution in [0.1, 0.15) is 22.8 Å². The Morgan fingerprint density at radius 1 is 0.368 bits per heavy atom.